The Hall–Kier alpha value is -6.38. The van der Waals surface area contributed by atoms with E-state index in [1.165, 1.54) is 55.3 Å². The number of furan rings is 1. The van der Waals surface area contributed by atoms with E-state index in [0.29, 0.717) is 0 Å². The van der Waals surface area contributed by atoms with Crippen LogP contribution >= 0.6 is 0 Å². The molecular formula is C49H35NO. The van der Waals surface area contributed by atoms with Crippen molar-refractivity contribution in [2.24, 2.45) is 0 Å². The maximum absolute atomic E-state index is 6.22. The Morgan fingerprint density at radius 1 is 0.392 bits per heavy atom. The van der Waals surface area contributed by atoms with Crippen LogP contribution in [0.5, 0.6) is 0 Å². The van der Waals surface area contributed by atoms with E-state index in [0.717, 1.165) is 39.0 Å². The van der Waals surface area contributed by atoms with Gasteiger partial charge < -0.3 is 9.32 Å². The summed E-state index contributed by atoms with van der Waals surface area (Å²) in [7, 11) is 0. The molecule has 2 nitrogen and oxygen atoms in total. The fourth-order valence-electron chi connectivity index (χ4n) is 8.18. The summed E-state index contributed by atoms with van der Waals surface area (Å²) in [6.45, 7) is 4.67. The van der Waals surface area contributed by atoms with E-state index < -0.39 is 0 Å². The van der Waals surface area contributed by atoms with Crippen molar-refractivity contribution in [3.05, 3.63) is 187 Å². The van der Waals surface area contributed by atoms with Crippen molar-refractivity contribution >= 4 is 49.8 Å². The zero-order valence-corrected chi connectivity index (χ0v) is 28.6. The average Bonchev–Trinajstić information content (AvgIpc) is 3.65. The molecule has 1 aromatic heterocycles. The summed E-state index contributed by atoms with van der Waals surface area (Å²) in [5.74, 6) is 0. The highest BCUT2D eigenvalue weighted by molar-refractivity contribution is 6.10. The van der Waals surface area contributed by atoms with Crippen LogP contribution in [0.2, 0.25) is 0 Å². The van der Waals surface area contributed by atoms with E-state index in [1.54, 1.807) is 0 Å². The van der Waals surface area contributed by atoms with Crippen LogP contribution in [-0.2, 0) is 5.41 Å². The van der Waals surface area contributed by atoms with Crippen LogP contribution < -0.4 is 4.90 Å². The first-order valence-corrected chi connectivity index (χ1v) is 17.7. The van der Waals surface area contributed by atoms with Crippen LogP contribution in [0, 0.1) is 0 Å². The fourth-order valence-corrected chi connectivity index (χ4v) is 8.18. The third kappa shape index (κ3) is 4.79. The lowest BCUT2D eigenvalue weighted by Gasteiger charge is -2.27. The van der Waals surface area contributed by atoms with Gasteiger partial charge in [0.15, 0.2) is 0 Å². The molecule has 0 aliphatic heterocycles. The van der Waals surface area contributed by atoms with Crippen molar-refractivity contribution in [3.8, 4) is 33.4 Å². The highest BCUT2D eigenvalue weighted by Gasteiger charge is 2.35. The van der Waals surface area contributed by atoms with Crippen molar-refractivity contribution in [2.45, 2.75) is 19.3 Å². The van der Waals surface area contributed by atoms with Crippen molar-refractivity contribution in [2.75, 3.05) is 4.90 Å². The summed E-state index contributed by atoms with van der Waals surface area (Å²) in [6.07, 6.45) is 0. The largest absolute Gasteiger partial charge is 0.456 e. The van der Waals surface area contributed by atoms with Gasteiger partial charge in [-0.25, -0.2) is 0 Å². The number of anilines is 3. The van der Waals surface area contributed by atoms with Crippen LogP contribution in [0.3, 0.4) is 0 Å². The smallest absolute Gasteiger partial charge is 0.136 e. The fraction of sp³-hybridized carbons (Fsp3) is 0.0612. The van der Waals surface area contributed by atoms with Gasteiger partial charge in [0.2, 0.25) is 0 Å². The minimum Gasteiger partial charge on any atom is -0.456 e. The van der Waals surface area contributed by atoms with E-state index in [2.05, 4.69) is 183 Å². The summed E-state index contributed by atoms with van der Waals surface area (Å²) < 4.78 is 6.22. The quantitative estimate of drug-likeness (QED) is 0.184. The maximum Gasteiger partial charge on any atom is 0.136 e. The molecule has 242 valence electrons. The second-order valence-electron chi connectivity index (χ2n) is 14.2. The molecule has 51 heavy (non-hydrogen) atoms. The van der Waals surface area contributed by atoms with Gasteiger partial charge in [-0.1, -0.05) is 129 Å². The van der Waals surface area contributed by atoms with Gasteiger partial charge in [0.1, 0.15) is 11.2 Å². The Balaban J connectivity index is 1.06. The van der Waals surface area contributed by atoms with Crippen LogP contribution in [0.1, 0.15) is 25.0 Å². The predicted molar refractivity (Wildman–Crippen MR) is 214 cm³/mol. The van der Waals surface area contributed by atoms with Crippen molar-refractivity contribution < 1.29 is 4.42 Å². The van der Waals surface area contributed by atoms with Gasteiger partial charge in [0.25, 0.3) is 0 Å². The molecule has 0 atom stereocenters. The summed E-state index contributed by atoms with van der Waals surface area (Å²) >= 11 is 0. The Morgan fingerprint density at radius 2 is 1.00 bits per heavy atom. The van der Waals surface area contributed by atoms with Gasteiger partial charge in [-0.05, 0) is 116 Å². The molecular weight excluding hydrogens is 619 g/mol. The molecule has 0 spiro atoms. The second kappa shape index (κ2) is 11.3. The third-order valence-corrected chi connectivity index (χ3v) is 10.9. The molecule has 0 unspecified atom stereocenters. The molecule has 0 bridgehead atoms. The number of fused-ring (bicyclic) bond motifs is 7. The van der Waals surface area contributed by atoms with E-state index >= 15 is 0 Å². The Bertz CT molecular complexity index is 2750. The molecule has 9 aromatic rings. The zero-order valence-electron chi connectivity index (χ0n) is 28.6. The maximum atomic E-state index is 6.22. The molecule has 0 amide bonds. The molecule has 10 rings (SSSR count). The van der Waals surface area contributed by atoms with Crippen molar-refractivity contribution in [1.82, 2.24) is 0 Å². The highest BCUT2D eigenvalue weighted by atomic mass is 16.3. The van der Waals surface area contributed by atoms with Crippen LogP contribution in [0.15, 0.2) is 180 Å². The molecule has 0 radical (unpaired) electrons. The normalized spacial score (nSPS) is 13.1. The van der Waals surface area contributed by atoms with Crippen LogP contribution in [0.25, 0.3) is 66.1 Å². The highest BCUT2D eigenvalue weighted by Crippen LogP contribution is 2.50. The van der Waals surface area contributed by atoms with E-state index in [-0.39, 0.29) is 5.41 Å². The summed E-state index contributed by atoms with van der Waals surface area (Å²) in [5, 5.41) is 4.70. The molecule has 1 heterocycles. The predicted octanol–water partition coefficient (Wildman–Crippen LogP) is 13.8. The summed E-state index contributed by atoms with van der Waals surface area (Å²) in [6, 6.07) is 63.8. The summed E-state index contributed by atoms with van der Waals surface area (Å²) in [5.41, 5.74) is 15.4. The number of rotatable bonds is 5. The molecule has 1 aliphatic carbocycles. The minimum atomic E-state index is -0.0374. The first-order chi connectivity index (χ1) is 25.0. The molecule has 0 saturated carbocycles. The lowest BCUT2D eigenvalue weighted by Crippen LogP contribution is -2.15. The Kier molecular flexibility index (Phi) is 6.56. The second-order valence-corrected chi connectivity index (χ2v) is 14.2. The zero-order chi connectivity index (χ0) is 34.1. The molecule has 2 heteroatoms. The number of hydrogen-bond acceptors (Lipinski definition) is 2. The van der Waals surface area contributed by atoms with Gasteiger partial charge >= 0.3 is 0 Å². The average molecular weight is 654 g/mol. The number of benzene rings is 8. The third-order valence-electron chi connectivity index (χ3n) is 10.9. The number of para-hydroxylation sites is 1. The molecule has 1 aliphatic rings. The first-order valence-electron chi connectivity index (χ1n) is 17.7. The van der Waals surface area contributed by atoms with Crippen molar-refractivity contribution in [3.63, 3.8) is 0 Å². The number of hydrogen-bond donors (Lipinski definition) is 0. The van der Waals surface area contributed by atoms with Crippen LogP contribution in [-0.4, -0.2) is 0 Å². The van der Waals surface area contributed by atoms with Gasteiger partial charge in [-0.15, -0.1) is 0 Å². The van der Waals surface area contributed by atoms with Gasteiger partial charge in [-0.2, -0.15) is 0 Å². The lowest BCUT2D eigenvalue weighted by atomic mass is 9.82. The van der Waals surface area contributed by atoms with Crippen molar-refractivity contribution in [1.29, 1.82) is 0 Å². The molecule has 0 N–H and O–H groups in total. The summed E-state index contributed by atoms with van der Waals surface area (Å²) in [4.78, 5) is 2.38. The van der Waals surface area contributed by atoms with Gasteiger partial charge in [0.05, 0.1) is 0 Å². The monoisotopic (exact) mass is 653 g/mol. The molecule has 0 fully saturated rings. The Morgan fingerprint density at radius 3 is 1.78 bits per heavy atom. The van der Waals surface area contributed by atoms with E-state index in [9.17, 15) is 0 Å². The minimum absolute atomic E-state index is 0.0374. The number of nitrogens with zero attached hydrogens (tertiary/aromatic N) is 1. The van der Waals surface area contributed by atoms with Gasteiger partial charge in [0, 0.05) is 33.2 Å². The molecule has 8 aromatic carbocycles. The van der Waals surface area contributed by atoms with E-state index in [4.69, 9.17) is 4.42 Å². The Labute approximate surface area is 297 Å². The lowest BCUT2D eigenvalue weighted by molar-refractivity contribution is 0.660. The first kappa shape index (κ1) is 29.5. The van der Waals surface area contributed by atoms with Crippen LogP contribution in [0.4, 0.5) is 17.1 Å². The SMILES string of the molecule is CC1(C)c2ccccc2-c2cc(N(c3ccc(-c4ccccc4)cc3)c3ccc(-c4ccc5cc6c(cc5c4)oc4ccccc46)cc3)ccc21. The van der Waals surface area contributed by atoms with E-state index in [1.807, 2.05) is 12.1 Å². The topological polar surface area (TPSA) is 16.4 Å². The standard InChI is InChI=1S/C49H35NO/c1-49(2)45-14-8-6-12-41(45)43-31-40(26-27-46(43)49)50(38-22-18-33(19-23-38)32-10-4-3-5-11-32)39-24-20-34(21-25-39)35-16-17-36-29-44-42-13-7-9-15-47(42)51-48(44)30-37(36)28-35/h3-31H,1-2H3. The molecule has 0 saturated heterocycles. The van der Waals surface area contributed by atoms with Gasteiger partial charge in [-0.3, -0.25) is 0 Å².